The molecule has 142 valence electrons. The number of nitrogens with zero attached hydrogens (tertiary/aromatic N) is 2. The fourth-order valence-electron chi connectivity index (χ4n) is 3.46. The number of halogens is 1. The third-order valence-electron chi connectivity index (χ3n) is 4.79. The molecule has 1 amide bonds. The Morgan fingerprint density at radius 1 is 1.19 bits per heavy atom. The number of carbonyl (C=O) groups is 2. The van der Waals surface area contributed by atoms with Crippen molar-refractivity contribution >= 4 is 23.5 Å². The van der Waals surface area contributed by atoms with Crippen LogP contribution in [0.3, 0.4) is 0 Å². The molecule has 0 fully saturated rings. The van der Waals surface area contributed by atoms with Gasteiger partial charge in [0.1, 0.15) is 6.04 Å². The number of hydrogen-bond donors (Lipinski definition) is 0. The van der Waals surface area contributed by atoms with Crippen molar-refractivity contribution in [1.82, 2.24) is 9.80 Å². The predicted octanol–water partition coefficient (Wildman–Crippen LogP) is 2.90. The molecule has 1 aliphatic rings. The molecule has 0 bridgehead atoms. The van der Waals surface area contributed by atoms with E-state index < -0.39 is 6.04 Å². The van der Waals surface area contributed by atoms with E-state index in [1.165, 1.54) is 7.11 Å². The Morgan fingerprint density at radius 3 is 2.63 bits per heavy atom. The van der Waals surface area contributed by atoms with Crippen molar-refractivity contribution in [3.05, 3.63) is 70.2 Å². The van der Waals surface area contributed by atoms with E-state index in [0.717, 1.165) is 16.7 Å². The maximum absolute atomic E-state index is 13.0. The minimum Gasteiger partial charge on any atom is -0.467 e. The smallest absolute Gasteiger partial charge is 0.328 e. The Hall–Kier alpha value is -2.37. The molecule has 0 spiro atoms. The van der Waals surface area contributed by atoms with Crippen molar-refractivity contribution in [2.45, 2.75) is 25.6 Å². The molecule has 1 heterocycles. The van der Waals surface area contributed by atoms with Gasteiger partial charge in [0, 0.05) is 24.5 Å². The van der Waals surface area contributed by atoms with Gasteiger partial charge in [-0.15, -0.1) is 0 Å². The molecule has 0 N–H and O–H groups in total. The van der Waals surface area contributed by atoms with Crippen molar-refractivity contribution < 1.29 is 14.3 Å². The summed E-state index contributed by atoms with van der Waals surface area (Å²) in [4.78, 5) is 28.8. The maximum Gasteiger partial charge on any atom is 0.328 e. The first kappa shape index (κ1) is 19.4. The summed E-state index contributed by atoms with van der Waals surface area (Å²) in [5.41, 5.74) is 3.19. The molecule has 0 saturated carbocycles. The van der Waals surface area contributed by atoms with E-state index in [-0.39, 0.29) is 18.4 Å². The third kappa shape index (κ3) is 4.67. The molecule has 6 heteroatoms. The van der Waals surface area contributed by atoms with Crippen LogP contribution in [-0.4, -0.2) is 48.4 Å². The van der Waals surface area contributed by atoms with Crippen LogP contribution in [0.25, 0.3) is 0 Å². The highest BCUT2D eigenvalue weighted by Crippen LogP contribution is 2.24. The van der Waals surface area contributed by atoms with Crippen molar-refractivity contribution in [2.24, 2.45) is 0 Å². The Labute approximate surface area is 164 Å². The summed E-state index contributed by atoms with van der Waals surface area (Å²) >= 11 is 6.03. The van der Waals surface area contributed by atoms with Crippen LogP contribution in [0.15, 0.2) is 48.5 Å². The van der Waals surface area contributed by atoms with Crippen LogP contribution >= 0.6 is 11.6 Å². The normalized spacial score (nSPS) is 16.1. The highest BCUT2D eigenvalue weighted by Gasteiger charge is 2.35. The number of carbonyl (C=O) groups excluding carboxylic acids is 2. The molecule has 0 aromatic heterocycles. The first-order valence-electron chi connectivity index (χ1n) is 8.85. The number of rotatable bonds is 5. The van der Waals surface area contributed by atoms with Gasteiger partial charge in [-0.25, -0.2) is 4.79 Å². The topological polar surface area (TPSA) is 49.9 Å². The largest absolute Gasteiger partial charge is 0.467 e. The molecule has 1 unspecified atom stereocenters. The Balaban J connectivity index is 1.72. The number of esters is 1. The van der Waals surface area contributed by atoms with Crippen LogP contribution in [0, 0.1) is 0 Å². The molecule has 2 aromatic carbocycles. The Bertz CT molecular complexity index is 840. The lowest BCUT2D eigenvalue weighted by atomic mass is 9.94. The van der Waals surface area contributed by atoms with Crippen molar-refractivity contribution in [2.75, 3.05) is 20.7 Å². The highest BCUT2D eigenvalue weighted by molar-refractivity contribution is 6.30. The standard InChI is InChI=1S/C21H23ClN2O3/c1-23(12-15-6-5-9-18(22)10-15)14-20(25)24-13-17-8-4-3-7-16(17)11-19(24)21(26)27-2/h3-10,19H,11-14H2,1-2H3. The highest BCUT2D eigenvalue weighted by atomic mass is 35.5. The van der Waals surface area contributed by atoms with Crippen molar-refractivity contribution in [3.63, 3.8) is 0 Å². The lowest BCUT2D eigenvalue weighted by molar-refractivity contribution is -0.154. The summed E-state index contributed by atoms with van der Waals surface area (Å²) in [6.45, 7) is 1.22. The first-order chi connectivity index (χ1) is 13.0. The fourth-order valence-corrected chi connectivity index (χ4v) is 3.67. The quantitative estimate of drug-likeness (QED) is 0.741. The number of methoxy groups -OCH3 is 1. The zero-order valence-corrected chi connectivity index (χ0v) is 16.3. The average Bonchev–Trinajstić information content (AvgIpc) is 2.66. The number of benzene rings is 2. The Morgan fingerprint density at radius 2 is 1.93 bits per heavy atom. The first-order valence-corrected chi connectivity index (χ1v) is 9.23. The molecule has 0 radical (unpaired) electrons. The minimum atomic E-state index is -0.586. The second-order valence-corrected chi connectivity index (χ2v) is 7.27. The summed E-state index contributed by atoms with van der Waals surface area (Å²) < 4.78 is 4.94. The molecular weight excluding hydrogens is 364 g/mol. The van der Waals surface area contributed by atoms with Gasteiger partial charge >= 0.3 is 5.97 Å². The van der Waals surface area contributed by atoms with Crippen LogP contribution in [-0.2, 0) is 33.8 Å². The molecule has 0 aliphatic carbocycles. The number of amides is 1. The van der Waals surface area contributed by atoms with E-state index >= 15 is 0 Å². The summed E-state index contributed by atoms with van der Waals surface area (Å²) in [5.74, 6) is -0.472. The van der Waals surface area contributed by atoms with Crippen LogP contribution in [0.4, 0.5) is 0 Å². The molecule has 3 rings (SSSR count). The van der Waals surface area contributed by atoms with Crippen LogP contribution < -0.4 is 0 Å². The summed E-state index contributed by atoms with van der Waals surface area (Å²) in [7, 11) is 3.24. The number of hydrogen-bond acceptors (Lipinski definition) is 4. The number of likely N-dealkylation sites (N-methyl/N-ethyl adjacent to an activating group) is 1. The van der Waals surface area contributed by atoms with Gasteiger partial charge in [-0.3, -0.25) is 9.69 Å². The molecule has 27 heavy (non-hydrogen) atoms. The van der Waals surface area contributed by atoms with Gasteiger partial charge in [-0.2, -0.15) is 0 Å². The van der Waals surface area contributed by atoms with E-state index in [4.69, 9.17) is 16.3 Å². The fraction of sp³-hybridized carbons (Fsp3) is 0.333. The molecule has 1 atom stereocenters. The molecule has 2 aromatic rings. The zero-order chi connectivity index (χ0) is 19.4. The lowest BCUT2D eigenvalue weighted by Crippen LogP contribution is -2.51. The van der Waals surface area contributed by atoms with Crippen LogP contribution in [0.5, 0.6) is 0 Å². The van der Waals surface area contributed by atoms with Gasteiger partial charge in [0.2, 0.25) is 5.91 Å². The monoisotopic (exact) mass is 386 g/mol. The van der Waals surface area contributed by atoms with Gasteiger partial charge in [0.15, 0.2) is 0 Å². The van der Waals surface area contributed by atoms with Gasteiger partial charge in [-0.05, 0) is 35.9 Å². The lowest BCUT2D eigenvalue weighted by Gasteiger charge is -2.36. The molecular formula is C21H23ClN2O3. The van der Waals surface area contributed by atoms with E-state index in [2.05, 4.69) is 0 Å². The van der Waals surface area contributed by atoms with E-state index in [0.29, 0.717) is 24.5 Å². The molecule has 5 nitrogen and oxygen atoms in total. The molecule has 0 saturated heterocycles. The summed E-state index contributed by atoms with van der Waals surface area (Å²) in [6.07, 6.45) is 0.479. The number of ether oxygens (including phenoxy) is 1. The maximum atomic E-state index is 13.0. The third-order valence-corrected chi connectivity index (χ3v) is 5.02. The van der Waals surface area contributed by atoms with Gasteiger partial charge in [0.05, 0.1) is 13.7 Å². The van der Waals surface area contributed by atoms with Crippen LogP contribution in [0.1, 0.15) is 16.7 Å². The SMILES string of the molecule is COC(=O)C1Cc2ccccc2CN1C(=O)CN(C)Cc1cccc(Cl)c1. The zero-order valence-electron chi connectivity index (χ0n) is 15.5. The predicted molar refractivity (Wildman–Crippen MR) is 104 cm³/mol. The second-order valence-electron chi connectivity index (χ2n) is 6.84. The van der Waals surface area contributed by atoms with Crippen molar-refractivity contribution in [3.8, 4) is 0 Å². The van der Waals surface area contributed by atoms with Crippen LogP contribution in [0.2, 0.25) is 5.02 Å². The minimum absolute atomic E-state index is 0.0931. The average molecular weight is 387 g/mol. The summed E-state index contributed by atoms with van der Waals surface area (Å²) in [5, 5.41) is 0.672. The van der Waals surface area contributed by atoms with E-state index in [9.17, 15) is 9.59 Å². The van der Waals surface area contributed by atoms with E-state index in [1.807, 2.05) is 60.5 Å². The summed E-state index contributed by atoms with van der Waals surface area (Å²) in [6, 6.07) is 14.9. The van der Waals surface area contributed by atoms with E-state index in [1.54, 1.807) is 4.90 Å². The number of fused-ring (bicyclic) bond motifs is 1. The van der Waals surface area contributed by atoms with Crippen molar-refractivity contribution in [1.29, 1.82) is 0 Å². The van der Waals surface area contributed by atoms with Gasteiger partial charge < -0.3 is 9.64 Å². The van der Waals surface area contributed by atoms with Gasteiger partial charge in [-0.1, -0.05) is 48.0 Å². The van der Waals surface area contributed by atoms with Gasteiger partial charge in [0.25, 0.3) is 0 Å². The Kier molecular flexibility index (Phi) is 6.14. The second kappa shape index (κ2) is 8.55. The molecule has 1 aliphatic heterocycles.